The topological polar surface area (TPSA) is 65.7 Å². The summed E-state index contributed by atoms with van der Waals surface area (Å²) < 4.78 is 6.06. The van der Waals surface area contributed by atoms with Crippen LogP contribution in [0.2, 0.25) is 0 Å². The molecular weight excluding hydrogens is 302 g/mol. The van der Waals surface area contributed by atoms with E-state index < -0.39 is 0 Å². The van der Waals surface area contributed by atoms with Gasteiger partial charge in [-0.25, -0.2) is 0 Å². The first-order valence-corrected chi connectivity index (χ1v) is 8.94. The number of aliphatic imine (C=N–C) groups is 1. The largest absolute Gasteiger partial charge is 0.369 e. The molecule has 2 aliphatic rings. The van der Waals surface area contributed by atoms with Gasteiger partial charge in [-0.3, -0.25) is 9.79 Å². The minimum atomic E-state index is -0.372. The second kappa shape index (κ2) is 8.98. The number of nitrogens with zero attached hydrogens (tertiary/aromatic N) is 3. The van der Waals surface area contributed by atoms with E-state index in [2.05, 4.69) is 11.1 Å². The number of ether oxygens (including phenoxy) is 1. The van der Waals surface area contributed by atoms with Gasteiger partial charge in [0.1, 0.15) is 0 Å². The Balaban J connectivity index is 0.00000139. The van der Waals surface area contributed by atoms with E-state index >= 15 is 0 Å². The van der Waals surface area contributed by atoms with Crippen molar-refractivity contribution in [3.63, 3.8) is 0 Å². The first-order chi connectivity index (χ1) is 11.4. The summed E-state index contributed by atoms with van der Waals surface area (Å²) in [5.74, 6) is -0.0858. The van der Waals surface area contributed by atoms with Gasteiger partial charge in [0.25, 0.3) is 0 Å². The van der Waals surface area contributed by atoms with Crippen molar-refractivity contribution in [3.8, 4) is 6.07 Å². The van der Waals surface area contributed by atoms with Crippen molar-refractivity contribution in [2.45, 2.75) is 66.6 Å². The summed E-state index contributed by atoms with van der Waals surface area (Å²) in [6, 6.07) is 2.24. The van der Waals surface area contributed by atoms with Crippen LogP contribution in [-0.4, -0.2) is 42.3 Å². The first-order valence-electron chi connectivity index (χ1n) is 8.94. The van der Waals surface area contributed by atoms with E-state index in [0.717, 1.165) is 12.0 Å². The lowest BCUT2D eigenvalue weighted by Gasteiger charge is -2.31. The highest BCUT2D eigenvalue weighted by Gasteiger charge is 2.36. The zero-order valence-corrected chi connectivity index (χ0v) is 15.9. The van der Waals surface area contributed by atoms with Gasteiger partial charge in [0, 0.05) is 30.9 Å². The lowest BCUT2D eigenvalue weighted by Crippen LogP contribution is -2.43. The van der Waals surface area contributed by atoms with E-state index in [0.29, 0.717) is 19.5 Å². The highest BCUT2D eigenvalue weighted by atomic mass is 16.5. The zero-order chi connectivity index (χ0) is 18.3. The monoisotopic (exact) mass is 333 g/mol. The maximum absolute atomic E-state index is 12.8. The Labute approximate surface area is 146 Å². The SMILES string of the molecule is CC.CCC(C)(C)C(=O)N1CC2=CN=CC(C#N)CC2O[C@@H](C)C1. The summed E-state index contributed by atoms with van der Waals surface area (Å²) in [7, 11) is 0. The second-order valence-corrected chi connectivity index (χ2v) is 6.83. The van der Waals surface area contributed by atoms with Gasteiger partial charge in [-0.15, -0.1) is 0 Å². The number of fused-ring (bicyclic) bond motifs is 1. The molecule has 0 aromatic heterocycles. The number of amides is 1. The molecule has 5 nitrogen and oxygen atoms in total. The third-order valence-corrected chi connectivity index (χ3v) is 4.55. The third kappa shape index (κ3) is 4.91. The molecule has 1 amide bonds. The fourth-order valence-electron chi connectivity index (χ4n) is 2.79. The summed E-state index contributed by atoms with van der Waals surface area (Å²) in [5.41, 5.74) is 0.613. The predicted octanol–water partition coefficient (Wildman–Crippen LogP) is 3.56. The molecule has 1 fully saturated rings. The number of carbonyl (C=O) groups is 1. The van der Waals surface area contributed by atoms with Gasteiger partial charge >= 0.3 is 0 Å². The first kappa shape index (κ1) is 20.4. The minimum Gasteiger partial charge on any atom is -0.369 e. The van der Waals surface area contributed by atoms with Crippen molar-refractivity contribution < 1.29 is 9.53 Å². The Kier molecular flexibility index (Phi) is 7.62. The van der Waals surface area contributed by atoms with Gasteiger partial charge in [-0.2, -0.15) is 5.26 Å². The van der Waals surface area contributed by atoms with Crippen LogP contribution in [0.25, 0.3) is 0 Å². The summed E-state index contributed by atoms with van der Waals surface area (Å²) in [5, 5.41) is 9.14. The van der Waals surface area contributed by atoms with Crippen LogP contribution >= 0.6 is 0 Å². The molecule has 0 bridgehead atoms. The summed E-state index contributed by atoms with van der Waals surface area (Å²) in [4.78, 5) is 18.9. The Hall–Kier alpha value is -1.67. The summed E-state index contributed by atoms with van der Waals surface area (Å²) in [6.07, 6.45) is 4.65. The molecule has 0 N–H and O–H groups in total. The van der Waals surface area contributed by atoms with Crippen LogP contribution in [0.1, 0.15) is 54.4 Å². The summed E-state index contributed by atoms with van der Waals surface area (Å²) >= 11 is 0. The number of carbonyl (C=O) groups excluding carboxylic acids is 1. The fourth-order valence-corrected chi connectivity index (χ4v) is 2.79. The molecule has 2 heterocycles. The van der Waals surface area contributed by atoms with Crippen LogP contribution in [0.15, 0.2) is 16.8 Å². The molecule has 3 atom stereocenters. The Morgan fingerprint density at radius 3 is 2.75 bits per heavy atom. The molecule has 1 saturated heterocycles. The van der Waals surface area contributed by atoms with Crippen LogP contribution in [0, 0.1) is 22.7 Å². The summed E-state index contributed by atoms with van der Waals surface area (Å²) in [6.45, 7) is 13.1. The van der Waals surface area contributed by atoms with Crippen molar-refractivity contribution in [3.05, 3.63) is 11.8 Å². The number of hydrogen-bond donors (Lipinski definition) is 0. The number of nitriles is 1. The molecule has 134 valence electrons. The van der Waals surface area contributed by atoms with Gasteiger partial charge in [0.15, 0.2) is 0 Å². The fraction of sp³-hybridized carbons (Fsp3) is 0.737. The molecule has 0 radical (unpaired) electrons. The Bertz CT molecular complexity index is 531. The van der Waals surface area contributed by atoms with E-state index in [1.807, 2.05) is 46.4 Å². The lowest BCUT2D eigenvalue weighted by atomic mass is 9.88. The third-order valence-electron chi connectivity index (χ3n) is 4.55. The standard InChI is InChI=1S/C17H25N3O2.C2H6/c1-5-17(3,4)16(21)20-10-12(2)22-15-6-13(7-18)8-19-9-14(15)11-20;1-2/h8-9,12-13,15H,5-6,10-11H2,1-4H3;1-2H3/t12-,13?,15?;/m0./s1. The minimum absolute atomic E-state index is 0.0510. The van der Waals surface area contributed by atoms with Crippen molar-refractivity contribution in [1.82, 2.24) is 4.90 Å². The highest BCUT2D eigenvalue weighted by molar-refractivity contribution is 5.82. The Morgan fingerprint density at radius 2 is 2.17 bits per heavy atom. The molecule has 5 heteroatoms. The molecule has 2 aliphatic heterocycles. The number of hydrogen-bond acceptors (Lipinski definition) is 4. The average molecular weight is 333 g/mol. The zero-order valence-electron chi connectivity index (χ0n) is 15.9. The quantitative estimate of drug-likeness (QED) is 0.776. The molecular formula is C19H31N3O2. The van der Waals surface area contributed by atoms with E-state index in [9.17, 15) is 4.79 Å². The van der Waals surface area contributed by atoms with Gasteiger partial charge in [0.05, 0.1) is 24.2 Å². The molecule has 0 aromatic rings. The molecule has 2 unspecified atom stereocenters. The maximum Gasteiger partial charge on any atom is 0.228 e. The number of rotatable bonds is 2. The molecule has 2 rings (SSSR count). The van der Waals surface area contributed by atoms with E-state index in [-0.39, 0.29) is 29.4 Å². The van der Waals surface area contributed by atoms with Crippen molar-refractivity contribution in [2.24, 2.45) is 16.3 Å². The lowest BCUT2D eigenvalue weighted by molar-refractivity contribution is -0.141. The van der Waals surface area contributed by atoms with Gasteiger partial charge in [-0.1, -0.05) is 34.6 Å². The van der Waals surface area contributed by atoms with Crippen LogP contribution in [0.4, 0.5) is 0 Å². The molecule has 0 aromatic carbocycles. The van der Waals surface area contributed by atoms with Gasteiger partial charge < -0.3 is 9.64 Å². The van der Waals surface area contributed by atoms with Crippen LogP contribution in [0.5, 0.6) is 0 Å². The second-order valence-electron chi connectivity index (χ2n) is 6.83. The molecule has 0 spiro atoms. The van der Waals surface area contributed by atoms with Crippen LogP contribution in [0.3, 0.4) is 0 Å². The van der Waals surface area contributed by atoms with E-state index in [4.69, 9.17) is 10.00 Å². The van der Waals surface area contributed by atoms with Crippen molar-refractivity contribution in [2.75, 3.05) is 13.1 Å². The Morgan fingerprint density at radius 1 is 1.50 bits per heavy atom. The molecule has 24 heavy (non-hydrogen) atoms. The maximum atomic E-state index is 12.8. The van der Waals surface area contributed by atoms with Crippen molar-refractivity contribution in [1.29, 1.82) is 5.26 Å². The average Bonchev–Trinajstić information content (AvgIpc) is 2.85. The van der Waals surface area contributed by atoms with Crippen molar-refractivity contribution >= 4 is 12.1 Å². The smallest absolute Gasteiger partial charge is 0.228 e. The van der Waals surface area contributed by atoms with E-state index in [1.165, 1.54) is 0 Å². The van der Waals surface area contributed by atoms with Gasteiger partial charge in [0.2, 0.25) is 5.91 Å². The normalized spacial score (nSPS) is 26.8. The molecule has 0 saturated carbocycles. The van der Waals surface area contributed by atoms with E-state index in [1.54, 1.807) is 12.4 Å². The van der Waals surface area contributed by atoms with Gasteiger partial charge in [-0.05, 0) is 25.3 Å². The highest BCUT2D eigenvalue weighted by Crippen LogP contribution is 2.29. The predicted molar refractivity (Wildman–Crippen MR) is 96.6 cm³/mol. The van der Waals surface area contributed by atoms with Crippen LogP contribution < -0.4 is 0 Å². The van der Waals surface area contributed by atoms with Crippen LogP contribution in [-0.2, 0) is 9.53 Å². The molecule has 0 aliphatic carbocycles.